The minimum absolute atomic E-state index is 0.223. The van der Waals surface area contributed by atoms with Crippen LogP contribution in [0.1, 0.15) is 12.1 Å². The lowest BCUT2D eigenvalue weighted by Crippen LogP contribution is -2.01. The largest absolute Gasteiger partial charge is 0.330 e. The molecule has 78 valence electrons. The van der Waals surface area contributed by atoms with Gasteiger partial charge in [-0.05, 0) is 43.7 Å². The first kappa shape index (κ1) is 10.1. The first-order chi connectivity index (χ1) is 7.29. The molecule has 0 aliphatic rings. The molecule has 0 bridgehead atoms. The van der Waals surface area contributed by atoms with Crippen molar-refractivity contribution in [2.24, 2.45) is 5.73 Å². The Bertz CT molecular complexity index is 468. The average Bonchev–Trinajstić information content (AvgIpc) is 2.26. The maximum Gasteiger partial charge on any atom is 0.123 e. The Labute approximate surface area is 87.9 Å². The quantitative estimate of drug-likeness (QED) is 0.832. The highest BCUT2D eigenvalue weighted by Crippen LogP contribution is 2.14. The van der Waals surface area contributed by atoms with E-state index in [0.717, 1.165) is 29.4 Å². The van der Waals surface area contributed by atoms with Gasteiger partial charge >= 0.3 is 0 Å². The predicted octanol–water partition coefficient (Wildman–Crippen LogP) is 2.27. The third-order valence-corrected chi connectivity index (χ3v) is 2.35. The smallest absolute Gasteiger partial charge is 0.123 e. The number of halogens is 1. The van der Waals surface area contributed by atoms with Crippen LogP contribution in [0, 0.1) is 5.82 Å². The molecule has 2 rings (SSSR count). The highest BCUT2D eigenvalue weighted by molar-refractivity contribution is 5.78. The van der Waals surface area contributed by atoms with Crippen LogP contribution in [0.15, 0.2) is 30.3 Å². The van der Waals surface area contributed by atoms with Crippen molar-refractivity contribution in [1.29, 1.82) is 0 Å². The van der Waals surface area contributed by atoms with Crippen molar-refractivity contribution in [3.8, 4) is 0 Å². The molecule has 0 radical (unpaired) electrons. The molecule has 0 aliphatic heterocycles. The van der Waals surface area contributed by atoms with E-state index in [4.69, 9.17) is 5.73 Å². The van der Waals surface area contributed by atoms with Crippen LogP contribution in [0.5, 0.6) is 0 Å². The third-order valence-electron chi connectivity index (χ3n) is 2.35. The average molecular weight is 204 g/mol. The molecule has 0 spiro atoms. The molecule has 1 aromatic carbocycles. The number of nitrogens with two attached hydrogens (primary N) is 1. The van der Waals surface area contributed by atoms with Gasteiger partial charge in [-0.25, -0.2) is 4.39 Å². The van der Waals surface area contributed by atoms with E-state index < -0.39 is 0 Å². The lowest BCUT2D eigenvalue weighted by Gasteiger charge is -2.02. The van der Waals surface area contributed by atoms with E-state index in [0.29, 0.717) is 6.54 Å². The molecule has 0 unspecified atom stereocenters. The van der Waals surface area contributed by atoms with Crippen molar-refractivity contribution in [1.82, 2.24) is 4.98 Å². The molecule has 0 amide bonds. The number of aromatic nitrogens is 1. The van der Waals surface area contributed by atoms with E-state index in [1.807, 2.05) is 12.1 Å². The normalized spacial score (nSPS) is 10.8. The van der Waals surface area contributed by atoms with E-state index in [1.165, 1.54) is 12.1 Å². The summed E-state index contributed by atoms with van der Waals surface area (Å²) in [5, 5.41) is 0.839. The maximum absolute atomic E-state index is 12.9. The summed E-state index contributed by atoms with van der Waals surface area (Å²) in [6.07, 6.45) is 1.81. The zero-order valence-electron chi connectivity index (χ0n) is 8.41. The van der Waals surface area contributed by atoms with Crippen molar-refractivity contribution in [3.63, 3.8) is 0 Å². The second kappa shape index (κ2) is 4.36. The van der Waals surface area contributed by atoms with Crippen molar-refractivity contribution in [3.05, 3.63) is 41.8 Å². The Morgan fingerprint density at radius 2 is 2.07 bits per heavy atom. The molecule has 2 nitrogen and oxygen atoms in total. The van der Waals surface area contributed by atoms with Gasteiger partial charge in [-0.2, -0.15) is 0 Å². The Kier molecular flexibility index (Phi) is 2.92. The molecular weight excluding hydrogens is 191 g/mol. The van der Waals surface area contributed by atoms with Gasteiger partial charge in [0.1, 0.15) is 5.82 Å². The zero-order valence-corrected chi connectivity index (χ0v) is 8.41. The lowest BCUT2D eigenvalue weighted by molar-refractivity contribution is 0.629. The summed E-state index contributed by atoms with van der Waals surface area (Å²) in [5.74, 6) is -0.223. The molecule has 2 aromatic rings. The third kappa shape index (κ3) is 2.30. The van der Waals surface area contributed by atoms with Gasteiger partial charge in [-0.15, -0.1) is 0 Å². The van der Waals surface area contributed by atoms with Crippen molar-refractivity contribution in [2.75, 3.05) is 6.54 Å². The number of rotatable bonds is 3. The number of hydrogen-bond donors (Lipinski definition) is 1. The number of benzene rings is 1. The highest BCUT2D eigenvalue weighted by atomic mass is 19.1. The van der Waals surface area contributed by atoms with Crippen LogP contribution in [0.25, 0.3) is 10.9 Å². The minimum Gasteiger partial charge on any atom is -0.330 e. The first-order valence-electron chi connectivity index (χ1n) is 5.05. The van der Waals surface area contributed by atoms with Crippen LogP contribution < -0.4 is 5.73 Å². The summed E-state index contributed by atoms with van der Waals surface area (Å²) in [6.45, 7) is 0.670. The van der Waals surface area contributed by atoms with Crippen LogP contribution >= 0.6 is 0 Å². The number of aryl methyl sites for hydroxylation is 1. The first-order valence-corrected chi connectivity index (χ1v) is 5.05. The summed E-state index contributed by atoms with van der Waals surface area (Å²) < 4.78 is 12.9. The predicted molar refractivity (Wildman–Crippen MR) is 59.1 cm³/mol. The SMILES string of the molecule is NCCCc1ccc2cc(F)ccc2n1. The van der Waals surface area contributed by atoms with E-state index in [1.54, 1.807) is 6.07 Å². The van der Waals surface area contributed by atoms with Gasteiger partial charge in [-0.3, -0.25) is 4.98 Å². The molecule has 3 heteroatoms. The highest BCUT2D eigenvalue weighted by Gasteiger charge is 1.99. The second-order valence-corrected chi connectivity index (χ2v) is 3.53. The lowest BCUT2D eigenvalue weighted by atomic mass is 10.1. The molecule has 0 aliphatic carbocycles. The number of pyridine rings is 1. The van der Waals surface area contributed by atoms with E-state index >= 15 is 0 Å². The van der Waals surface area contributed by atoms with Gasteiger partial charge in [0, 0.05) is 11.1 Å². The van der Waals surface area contributed by atoms with Crippen LogP contribution in [0.4, 0.5) is 4.39 Å². The Morgan fingerprint density at radius 3 is 2.87 bits per heavy atom. The van der Waals surface area contributed by atoms with Crippen LogP contribution in [0.2, 0.25) is 0 Å². The Balaban J connectivity index is 2.34. The summed E-state index contributed by atoms with van der Waals surface area (Å²) in [5.41, 5.74) is 7.28. The zero-order chi connectivity index (χ0) is 10.7. The number of hydrogen-bond acceptors (Lipinski definition) is 2. The van der Waals surface area contributed by atoms with E-state index in [2.05, 4.69) is 4.98 Å². The van der Waals surface area contributed by atoms with Gasteiger partial charge in [0.05, 0.1) is 5.52 Å². The second-order valence-electron chi connectivity index (χ2n) is 3.53. The van der Waals surface area contributed by atoms with Gasteiger partial charge in [0.15, 0.2) is 0 Å². The van der Waals surface area contributed by atoms with Crippen molar-refractivity contribution >= 4 is 10.9 Å². The van der Waals surface area contributed by atoms with Gasteiger partial charge in [0.25, 0.3) is 0 Å². The van der Waals surface area contributed by atoms with Gasteiger partial charge in [-0.1, -0.05) is 6.07 Å². The maximum atomic E-state index is 12.9. The molecule has 0 fully saturated rings. The fraction of sp³-hybridized carbons (Fsp3) is 0.250. The van der Waals surface area contributed by atoms with E-state index in [-0.39, 0.29) is 5.82 Å². The topological polar surface area (TPSA) is 38.9 Å². The standard InChI is InChI=1S/C12H13FN2/c13-10-4-6-12-9(8-10)3-5-11(15-12)2-1-7-14/h3-6,8H,1-2,7,14H2. The summed E-state index contributed by atoms with van der Waals surface area (Å²) in [6, 6.07) is 8.46. The molecule has 0 saturated heterocycles. The Morgan fingerprint density at radius 1 is 1.20 bits per heavy atom. The van der Waals surface area contributed by atoms with E-state index in [9.17, 15) is 4.39 Å². The van der Waals surface area contributed by atoms with Crippen molar-refractivity contribution < 1.29 is 4.39 Å². The molecule has 0 saturated carbocycles. The summed E-state index contributed by atoms with van der Waals surface area (Å²) >= 11 is 0. The molecule has 1 aromatic heterocycles. The molecule has 15 heavy (non-hydrogen) atoms. The summed E-state index contributed by atoms with van der Waals surface area (Å²) in [4.78, 5) is 4.43. The van der Waals surface area contributed by atoms with Crippen LogP contribution in [-0.2, 0) is 6.42 Å². The molecular formula is C12H13FN2. The Hall–Kier alpha value is -1.48. The number of nitrogens with zero attached hydrogens (tertiary/aromatic N) is 1. The van der Waals surface area contributed by atoms with Crippen molar-refractivity contribution in [2.45, 2.75) is 12.8 Å². The van der Waals surface area contributed by atoms with Crippen LogP contribution in [0.3, 0.4) is 0 Å². The van der Waals surface area contributed by atoms with Gasteiger partial charge < -0.3 is 5.73 Å². The van der Waals surface area contributed by atoms with Gasteiger partial charge in [0.2, 0.25) is 0 Å². The number of fused-ring (bicyclic) bond motifs is 1. The molecule has 1 heterocycles. The fourth-order valence-electron chi connectivity index (χ4n) is 1.56. The monoisotopic (exact) mass is 204 g/mol. The minimum atomic E-state index is -0.223. The molecule has 2 N–H and O–H groups in total. The van der Waals surface area contributed by atoms with Crippen LogP contribution in [-0.4, -0.2) is 11.5 Å². The summed E-state index contributed by atoms with van der Waals surface area (Å²) in [7, 11) is 0. The fourth-order valence-corrected chi connectivity index (χ4v) is 1.56. The molecule has 0 atom stereocenters.